The first-order chi connectivity index (χ1) is 4.63. The van der Waals surface area contributed by atoms with Crippen LogP contribution in [-0.4, -0.2) is 15.3 Å². The Morgan fingerprint density at radius 1 is 1.00 bits per heavy atom. The van der Waals surface area contributed by atoms with Gasteiger partial charge in [0, 0.05) is 0 Å². The number of phenolic OH excluding ortho intramolecular Hbond substituents is 3. The van der Waals surface area contributed by atoms with Gasteiger partial charge in [0.05, 0.1) is 0 Å². The Bertz CT molecular complexity index is 232. The van der Waals surface area contributed by atoms with E-state index in [1.54, 1.807) is 0 Å². The monoisotopic (exact) mass is 141 g/mol. The first-order valence-corrected chi connectivity index (χ1v) is 2.62. The Kier molecular flexibility index (Phi) is 1.30. The van der Waals surface area contributed by atoms with E-state index in [-0.39, 0.29) is 17.2 Å². The number of phenols is 3. The van der Waals surface area contributed by atoms with E-state index in [9.17, 15) is 0 Å². The molecule has 0 atom stereocenters. The van der Waals surface area contributed by atoms with E-state index in [1.807, 2.05) is 0 Å². The molecular weight excluding hydrogens is 134 g/mol. The minimum Gasteiger partial charge on any atom is -0.506 e. The average molecular weight is 141 g/mol. The lowest BCUT2D eigenvalue weighted by molar-refractivity contribution is 0.399. The molecule has 4 heteroatoms. The number of aromatic hydroxyl groups is 3. The Balaban J connectivity index is 3.34. The molecule has 54 valence electrons. The highest BCUT2D eigenvalue weighted by molar-refractivity contribution is 5.66. The van der Waals surface area contributed by atoms with Gasteiger partial charge in [-0.1, -0.05) is 0 Å². The number of hydrogen-bond donors (Lipinski definition) is 4. The van der Waals surface area contributed by atoms with Crippen LogP contribution in [0.15, 0.2) is 12.1 Å². The van der Waals surface area contributed by atoms with Crippen molar-refractivity contribution < 1.29 is 15.3 Å². The van der Waals surface area contributed by atoms with Crippen molar-refractivity contribution in [1.82, 2.24) is 0 Å². The predicted molar refractivity (Wildman–Crippen MR) is 35.8 cm³/mol. The van der Waals surface area contributed by atoms with Gasteiger partial charge >= 0.3 is 0 Å². The first-order valence-electron chi connectivity index (χ1n) is 2.62. The second kappa shape index (κ2) is 1.98. The summed E-state index contributed by atoms with van der Waals surface area (Å²) in [5.41, 5.74) is 4.91. The molecule has 0 bridgehead atoms. The fourth-order valence-electron chi connectivity index (χ4n) is 0.586. The maximum absolute atomic E-state index is 8.85. The molecule has 0 saturated carbocycles. The molecule has 0 spiro atoms. The van der Waals surface area contributed by atoms with Gasteiger partial charge < -0.3 is 21.1 Å². The van der Waals surface area contributed by atoms with E-state index in [4.69, 9.17) is 21.1 Å². The molecule has 0 saturated heterocycles. The molecule has 4 nitrogen and oxygen atoms in total. The summed E-state index contributed by atoms with van der Waals surface area (Å²) in [6.07, 6.45) is 0. The van der Waals surface area contributed by atoms with E-state index in [2.05, 4.69) is 0 Å². The molecule has 0 aromatic heterocycles. The van der Waals surface area contributed by atoms with E-state index in [1.165, 1.54) is 6.07 Å². The van der Waals surface area contributed by atoms with Crippen LogP contribution in [0.1, 0.15) is 0 Å². The molecule has 5 N–H and O–H groups in total. The zero-order valence-electron chi connectivity index (χ0n) is 5.07. The molecule has 0 aliphatic heterocycles. The van der Waals surface area contributed by atoms with Crippen molar-refractivity contribution >= 4 is 5.69 Å². The van der Waals surface area contributed by atoms with Crippen LogP contribution in [0.5, 0.6) is 17.2 Å². The van der Waals surface area contributed by atoms with Gasteiger partial charge in [0.25, 0.3) is 0 Å². The standard InChI is InChI=1S/C6H7NO3/c7-5-3(8)1-2-4(9)6(5)10/h1-2,8-10H,7H2. The van der Waals surface area contributed by atoms with E-state index >= 15 is 0 Å². The fourth-order valence-corrected chi connectivity index (χ4v) is 0.586. The van der Waals surface area contributed by atoms with E-state index in [0.717, 1.165) is 6.07 Å². The van der Waals surface area contributed by atoms with Gasteiger partial charge in [-0.05, 0) is 12.1 Å². The van der Waals surface area contributed by atoms with Crippen molar-refractivity contribution in [2.24, 2.45) is 0 Å². The van der Waals surface area contributed by atoms with E-state index < -0.39 is 5.75 Å². The zero-order valence-corrected chi connectivity index (χ0v) is 5.07. The molecule has 0 aliphatic rings. The van der Waals surface area contributed by atoms with Gasteiger partial charge in [-0.25, -0.2) is 0 Å². The van der Waals surface area contributed by atoms with Crippen LogP contribution in [0, 0.1) is 0 Å². The van der Waals surface area contributed by atoms with Gasteiger partial charge in [-0.3, -0.25) is 0 Å². The molecule has 0 aliphatic carbocycles. The third kappa shape index (κ3) is 0.793. The van der Waals surface area contributed by atoms with Crippen LogP contribution in [-0.2, 0) is 0 Å². The summed E-state index contributed by atoms with van der Waals surface area (Å²) in [6, 6.07) is 2.35. The molecular formula is C6H7NO3. The van der Waals surface area contributed by atoms with Gasteiger partial charge in [0.2, 0.25) is 0 Å². The number of hydrogen-bond acceptors (Lipinski definition) is 4. The van der Waals surface area contributed by atoms with Gasteiger partial charge in [-0.2, -0.15) is 0 Å². The second-order valence-corrected chi connectivity index (χ2v) is 1.87. The molecule has 0 radical (unpaired) electrons. The highest BCUT2D eigenvalue weighted by atomic mass is 16.3. The molecule has 1 aromatic carbocycles. The lowest BCUT2D eigenvalue weighted by atomic mass is 10.2. The minimum atomic E-state index is -0.486. The van der Waals surface area contributed by atoms with Crippen LogP contribution in [0.2, 0.25) is 0 Å². The van der Waals surface area contributed by atoms with E-state index in [0.29, 0.717) is 0 Å². The topological polar surface area (TPSA) is 86.7 Å². The molecule has 0 unspecified atom stereocenters. The average Bonchev–Trinajstić information content (AvgIpc) is 1.93. The molecule has 0 amide bonds. The highest BCUT2D eigenvalue weighted by Gasteiger charge is 2.06. The summed E-state index contributed by atoms with van der Waals surface area (Å²) in [7, 11) is 0. The second-order valence-electron chi connectivity index (χ2n) is 1.87. The van der Waals surface area contributed by atoms with Crippen LogP contribution in [0.4, 0.5) is 5.69 Å². The van der Waals surface area contributed by atoms with Crippen molar-refractivity contribution in [2.45, 2.75) is 0 Å². The highest BCUT2D eigenvalue weighted by Crippen LogP contribution is 2.36. The Labute approximate surface area is 57.2 Å². The number of nitrogens with two attached hydrogens (primary N) is 1. The number of nitrogen functional groups attached to an aromatic ring is 1. The third-order valence-corrected chi connectivity index (χ3v) is 1.17. The van der Waals surface area contributed by atoms with Crippen molar-refractivity contribution in [1.29, 1.82) is 0 Å². The quantitative estimate of drug-likeness (QED) is 0.239. The Hall–Kier alpha value is -1.58. The maximum atomic E-state index is 8.85. The van der Waals surface area contributed by atoms with Gasteiger partial charge in [0.1, 0.15) is 11.4 Å². The van der Waals surface area contributed by atoms with Crippen LogP contribution in [0.3, 0.4) is 0 Å². The third-order valence-electron chi connectivity index (χ3n) is 1.17. The predicted octanol–water partition coefficient (Wildman–Crippen LogP) is 0.386. The summed E-state index contributed by atoms with van der Waals surface area (Å²) < 4.78 is 0. The van der Waals surface area contributed by atoms with Crippen molar-refractivity contribution in [2.75, 3.05) is 5.73 Å². The number of rotatable bonds is 0. The summed E-state index contributed by atoms with van der Waals surface area (Å²) >= 11 is 0. The summed E-state index contributed by atoms with van der Waals surface area (Å²) in [6.45, 7) is 0. The molecule has 1 aromatic rings. The van der Waals surface area contributed by atoms with Crippen molar-refractivity contribution in [3.63, 3.8) is 0 Å². The maximum Gasteiger partial charge on any atom is 0.184 e. The summed E-state index contributed by atoms with van der Waals surface area (Å²) in [5.74, 6) is -1.06. The van der Waals surface area contributed by atoms with Crippen molar-refractivity contribution in [3.05, 3.63) is 12.1 Å². The fraction of sp³-hybridized carbons (Fsp3) is 0. The summed E-state index contributed by atoms with van der Waals surface area (Å²) in [4.78, 5) is 0. The number of anilines is 1. The normalized spacial score (nSPS) is 9.60. The Morgan fingerprint density at radius 2 is 1.50 bits per heavy atom. The molecule has 0 heterocycles. The van der Waals surface area contributed by atoms with Crippen LogP contribution in [0.25, 0.3) is 0 Å². The van der Waals surface area contributed by atoms with Gasteiger partial charge in [-0.15, -0.1) is 0 Å². The van der Waals surface area contributed by atoms with Crippen LogP contribution < -0.4 is 5.73 Å². The zero-order chi connectivity index (χ0) is 7.72. The lowest BCUT2D eigenvalue weighted by Gasteiger charge is -2.01. The molecule has 0 fully saturated rings. The Morgan fingerprint density at radius 3 is 2.00 bits per heavy atom. The van der Waals surface area contributed by atoms with Crippen LogP contribution >= 0.6 is 0 Å². The first kappa shape index (κ1) is 6.54. The van der Waals surface area contributed by atoms with Crippen molar-refractivity contribution in [3.8, 4) is 17.2 Å². The largest absolute Gasteiger partial charge is 0.506 e. The number of benzene rings is 1. The van der Waals surface area contributed by atoms with Gasteiger partial charge in [0.15, 0.2) is 11.5 Å². The SMILES string of the molecule is Nc1c(O)ccc(O)c1O. The minimum absolute atomic E-state index is 0.208. The molecule has 1 rings (SSSR count). The molecule has 10 heavy (non-hydrogen) atoms. The lowest BCUT2D eigenvalue weighted by Crippen LogP contribution is -1.85. The summed E-state index contributed by atoms with van der Waals surface area (Å²) in [5, 5.41) is 26.5. The smallest absolute Gasteiger partial charge is 0.184 e.